The number of sulfone groups is 1. The number of anilines is 1. The molecule has 3 aromatic rings. The van der Waals surface area contributed by atoms with Crippen molar-refractivity contribution in [2.75, 3.05) is 11.1 Å². The van der Waals surface area contributed by atoms with Crippen LogP contribution in [0.4, 0.5) is 10.4 Å². The van der Waals surface area contributed by atoms with Gasteiger partial charge in [0, 0.05) is 11.4 Å². The molecule has 0 atom stereocenters. The molecule has 1 heterocycles. The van der Waals surface area contributed by atoms with Crippen LogP contribution < -0.4 is 5.32 Å². The maximum atomic E-state index is 12.9. The third-order valence-electron chi connectivity index (χ3n) is 3.75. The van der Waals surface area contributed by atoms with Crippen molar-refractivity contribution in [1.29, 1.82) is 0 Å². The van der Waals surface area contributed by atoms with E-state index in [0.29, 0.717) is 5.02 Å². The highest BCUT2D eigenvalue weighted by Crippen LogP contribution is 2.17. The molecule has 0 fully saturated rings. The molecule has 146 valence electrons. The highest BCUT2D eigenvalue weighted by molar-refractivity contribution is 7.91. The second-order valence-electron chi connectivity index (χ2n) is 5.88. The number of halogens is 2. The van der Waals surface area contributed by atoms with E-state index in [2.05, 4.69) is 15.5 Å². The quantitative estimate of drug-likeness (QED) is 0.625. The van der Waals surface area contributed by atoms with Gasteiger partial charge in [0.05, 0.1) is 17.1 Å². The van der Waals surface area contributed by atoms with Crippen LogP contribution in [0.2, 0.25) is 5.02 Å². The van der Waals surface area contributed by atoms with Crippen LogP contribution in [0.3, 0.4) is 0 Å². The van der Waals surface area contributed by atoms with Gasteiger partial charge in [0.2, 0.25) is 11.8 Å². The number of rotatable bonds is 7. The van der Waals surface area contributed by atoms with E-state index < -0.39 is 15.7 Å². The summed E-state index contributed by atoms with van der Waals surface area (Å²) in [6.07, 6.45) is -0.00523. The first-order valence-corrected chi connectivity index (χ1v) is 10.2. The Morgan fingerprint density at radius 2 is 1.75 bits per heavy atom. The number of amides is 1. The summed E-state index contributed by atoms with van der Waals surface area (Å²) in [5.74, 6) is -1.07. The summed E-state index contributed by atoms with van der Waals surface area (Å²) < 4.78 is 42.7. The molecule has 2 aromatic carbocycles. The molecule has 0 aliphatic heterocycles. The van der Waals surface area contributed by atoms with E-state index >= 15 is 0 Å². The lowest BCUT2D eigenvalue weighted by Gasteiger charge is -2.04. The Morgan fingerprint density at radius 3 is 2.43 bits per heavy atom. The second-order valence-corrected chi connectivity index (χ2v) is 8.42. The highest BCUT2D eigenvalue weighted by Gasteiger charge is 2.18. The Kier molecular flexibility index (Phi) is 6.05. The van der Waals surface area contributed by atoms with Crippen molar-refractivity contribution in [2.24, 2.45) is 0 Å². The Bertz CT molecular complexity index is 1070. The summed E-state index contributed by atoms with van der Waals surface area (Å²) in [6, 6.07) is 11.4. The van der Waals surface area contributed by atoms with E-state index in [-0.39, 0.29) is 41.2 Å². The van der Waals surface area contributed by atoms with Crippen LogP contribution in [-0.2, 0) is 21.1 Å². The van der Waals surface area contributed by atoms with Crippen LogP contribution in [0.1, 0.15) is 17.9 Å². The zero-order valence-electron chi connectivity index (χ0n) is 14.4. The summed E-state index contributed by atoms with van der Waals surface area (Å²) in [4.78, 5) is 12.1. The van der Waals surface area contributed by atoms with E-state index in [1.165, 1.54) is 36.4 Å². The van der Waals surface area contributed by atoms with Gasteiger partial charge in [-0.05, 0) is 42.0 Å². The molecule has 0 spiro atoms. The van der Waals surface area contributed by atoms with E-state index in [1.54, 1.807) is 12.1 Å². The predicted molar refractivity (Wildman–Crippen MR) is 100 cm³/mol. The Morgan fingerprint density at radius 1 is 1.07 bits per heavy atom. The monoisotopic (exact) mass is 423 g/mol. The fourth-order valence-electron chi connectivity index (χ4n) is 2.32. The maximum absolute atomic E-state index is 12.9. The van der Waals surface area contributed by atoms with Crippen LogP contribution >= 0.6 is 11.6 Å². The number of carbonyl (C=O) groups excluding carboxylic acids is 1. The minimum Gasteiger partial charge on any atom is -0.407 e. The molecule has 10 heteroatoms. The number of hydrogen-bond donors (Lipinski definition) is 1. The molecule has 0 unspecified atom stereocenters. The van der Waals surface area contributed by atoms with E-state index in [1.807, 2.05) is 0 Å². The van der Waals surface area contributed by atoms with Crippen molar-refractivity contribution < 1.29 is 22.0 Å². The third-order valence-corrected chi connectivity index (χ3v) is 5.74. The van der Waals surface area contributed by atoms with Gasteiger partial charge in [-0.3, -0.25) is 10.1 Å². The molecular formula is C18H15ClFN3O4S. The standard InChI is InChI=1S/C18H15ClFN3O4S/c19-13-3-7-15(8-4-13)28(25,26)10-9-16(24)21-18-23-22-17(27-18)11-12-1-5-14(20)6-2-12/h1-8H,9-11H2,(H,21,23,24). The molecule has 1 aromatic heterocycles. The van der Waals surface area contributed by atoms with Gasteiger partial charge in [-0.25, -0.2) is 12.8 Å². The summed E-state index contributed by atoms with van der Waals surface area (Å²) in [5, 5.41) is 10.3. The van der Waals surface area contributed by atoms with Gasteiger partial charge in [0.15, 0.2) is 9.84 Å². The average molecular weight is 424 g/mol. The largest absolute Gasteiger partial charge is 0.407 e. The first-order chi connectivity index (χ1) is 13.3. The lowest BCUT2D eigenvalue weighted by molar-refractivity contribution is -0.116. The smallest absolute Gasteiger partial charge is 0.322 e. The van der Waals surface area contributed by atoms with Crippen molar-refractivity contribution in [1.82, 2.24) is 10.2 Å². The molecule has 1 amide bonds. The maximum Gasteiger partial charge on any atom is 0.322 e. The molecular weight excluding hydrogens is 409 g/mol. The number of carbonyl (C=O) groups is 1. The lowest BCUT2D eigenvalue weighted by Crippen LogP contribution is -2.17. The molecule has 1 N–H and O–H groups in total. The van der Waals surface area contributed by atoms with Crippen LogP contribution in [0, 0.1) is 5.82 Å². The summed E-state index contributed by atoms with van der Waals surface area (Å²) in [7, 11) is -3.62. The Balaban J connectivity index is 1.54. The molecule has 3 rings (SSSR count). The van der Waals surface area contributed by atoms with Crippen LogP contribution in [-0.4, -0.2) is 30.3 Å². The predicted octanol–water partition coefficient (Wildman–Crippen LogP) is 3.26. The summed E-state index contributed by atoms with van der Waals surface area (Å²) in [5.41, 5.74) is 0.761. The van der Waals surface area contributed by atoms with Gasteiger partial charge < -0.3 is 4.42 Å². The van der Waals surface area contributed by atoms with E-state index in [0.717, 1.165) is 5.56 Å². The third kappa shape index (κ3) is 5.37. The first-order valence-electron chi connectivity index (χ1n) is 8.17. The van der Waals surface area contributed by atoms with Crippen LogP contribution in [0.15, 0.2) is 57.8 Å². The van der Waals surface area contributed by atoms with Gasteiger partial charge in [-0.1, -0.05) is 28.8 Å². The fraction of sp³-hybridized carbons (Fsp3) is 0.167. The highest BCUT2D eigenvalue weighted by atomic mass is 35.5. The van der Waals surface area contributed by atoms with Crippen molar-refractivity contribution >= 4 is 33.4 Å². The molecule has 0 bridgehead atoms. The molecule has 28 heavy (non-hydrogen) atoms. The lowest BCUT2D eigenvalue weighted by atomic mass is 10.1. The second kappa shape index (κ2) is 8.49. The molecule has 0 aliphatic rings. The van der Waals surface area contributed by atoms with Crippen LogP contribution in [0.25, 0.3) is 0 Å². The Hall–Kier alpha value is -2.78. The topological polar surface area (TPSA) is 102 Å². The van der Waals surface area contributed by atoms with Crippen molar-refractivity contribution in [3.63, 3.8) is 0 Å². The molecule has 7 nitrogen and oxygen atoms in total. The van der Waals surface area contributed by atoms with Crippen molar-refractivity contribution in [2.45, 2.75) is 17.7 Å². The fourth-order valence-corrected chi connectivity index (χ4v) is 3.69. The molecule has 0 aliphatic carbocycles. The van der Waals surface area contributed by atoms with Crippen LogP contribution in [0.5, 0.6) is 0 Å². The molecule has 0 saturated heterocycles. The number of nitrogens with zero attached hydrogens (tertiary/aromatic N) is 2. The molecule has 0 saturated carbocycles. The SMILES string of the molecule is O=C(CCS(=O)(=O)c1ccc(Cl)cc1)Nc1nnc(Cc2ccc(F)cc2)o1. The normalized spacial score (nSPS) is 11.4. The molecule has 0 radical (unpaired) electrons. The van der Waals surface area contributed by atoms with Crippen molar-refractivity contribution in [3.8, 4) is 0 Å². The summed E-state index contributed by atoms with van der Waals surface area (Å²) >= 11 is 5.74. The van der Waals surface area contributed by atoms with Gasteiger partial charge in [0.1, 0.15) is 5.82 Å². The zero-order valence-corrected chi connectivity index (χ0v) is 16.0. The Labute approximate surface area is 165 Å². The van der Waals surface area contributed by atoms with Crippen molar-refractivity contribution in [3.05, 3.63) is 70.8 Å². The number of hydrogen-bond acceptors (Lipinski definition) is 6. The van der Waals surface area contributed by atoms with Gasteiger partial charge in [0.25, 0.3) is 0 Å². The van der Waals surface area contributed by atoms with Gasteiger partial charge >= 0.3 is 6.01 Å². The van der Waals surface area contributed by atoms with Gasteiger partial charge in [-0.2, -0.15) is 0 Å². The minimum atomic E-state index is -3.62. The minimum absolute atomic E-state index is 0.0871. The number of benzene rings is 2. The number of nitrogens with one attached hydrogen (secondary N) is 1. The first kappa shape index (κ1) is 20.0. The van der Waals surface area contributed by atoms with E-state index in [4.69, 9.17) is 16.0 Å². The number of aromatic nitrogens is 2. The summed E-state index contributed by atoms with van der Waals surface area (Å²) in [6.45, 7) is 0. The zero-order chi connectivity index (χ0) is 20.1. The average Bonchev–Trinajstić information content (AvgIpc) is 3.09. The van der Waals surface area contributed by atoms with Gasteiger partial charge in [-0.15, -0.1) is 5.10 Å². The van der Waals surface area contributed by atoms with E-state index in [9.17, 15) is 17.6 Å².